The summed E-state index contributed by atoms with van der Waals surface area (Å²) in [5.74, 6) is 0. The summed E-state index contributed by atoms with van der Waals surface area (Å²) in [5, 5.41) is 5.05. The lowest BCUT2D eigenvalue weighted by Gasteiger charge is -2.09. The molecule has 2 N–H and O–H groups in total. The molecule has 0 saturated carbocycles. The van der Waals surface area contributed by atoms with Crippen LogP contribution < -0.4 is 10.0 Å². The van der Waals surface area contributed by atoms with Crippen molar-refractivity contribution in [2.75, 3.05) is 11.8 Å². The molecule has 8 heteroatoms. The fourth-order valence-corrected chi connectivity index (χ4v) is 4.32. The summed E-state index contributed by atoms with van der Waals surface area (Å²) in [6.45, 7) is 0.604. The Kier molecular flexibility index (Phi) is 4.56. The Morgan fingerprint density at radius 2 is 2.21 bits per heavy atom. The van der Waals surface area contributed by atoms with E-state index in [-0.39, 0.29) is 4.90 Å². The maximum absolute atomic E-state index is 12.3. The number of sulfonamides is 1. The molecule has 0 amide bonds. The molecule has 0 spiro atoms. The second-order valence-corrected chi connectivity index (χ2v) is 7.14. The average molecular weight is 362 g/mol. The molecule has 0 radical (unpaired) electrons. The van der Waals surface area contributed by atoms with Gasteiger partial charge in [-0.05, 0) is 40.7 Å². The van der Waals surface area contributed by atoms with Crippen LogP contribution >= 0.6 is 27.3 Å². The third-order valence-electron chi connectivity index (χ3n) is 2.32. The number of thiazole rings is 1. The Morgan fingerprint density at radius 3 is 2.84 bits per heavy atom. The Bertz CT molecular complexity index is 657. The van der Waals surface area contributed by atoms with Gasteiger partial charge in [0.1, 0.15) is 4.90 Å². The molecule has 19 heavy (non-hydrogen) atoms. The van der Waals surface area contributed by atoms with Crippen LogP contribution in [0.1, 0.15) is 5.56 Å². The number of hydrogen-bond donors (Lipinski definition) is 2. The summed E-state index contributed by atoms with van der Waals surface area (Å²) in [5.41, 5.74) is 0.894. The lowest BCUT2D eigenvalue weighted by molar-refractivity contribution is 0.600. The Balaban J connectivity index is 2.36. The molecule has 0 saturated heterocycles. The van der Waals surface area contributed by atoms with E-state index in [0.717, 1.165) is 5.56 Å². The standard InChI is InChI=1S/C11H12BrN3O2S2/c1-13-7-8-2-3-9(12)10(6-8)19(16,17)15-11-14-4-5-18-11/h2-6,13H,7H2,1H3,(H,14,15). The second kappa shape index (κ2) is 6.00. The normalized spacial score (nSPS) is 11.5. The molecule has 0 aliphatic carbocycles. The van der Waals surface area contributed by atoms with Gasteiger partial charge in [-0.2, -0.15) is 0 Å². The van der Waals surface area contributed by atoms with E-state index in [4.69, 9.17) is 0 Å². The first-order valence-electron chi connectivity index (χ1n) is 5.38. The fraction of sp³-hybridized carbons (Fsp3) is 0.182. The summed E-state index contributed by atoms with van der Waals surface area (Å²) in [4.78, 5) is 4.12. The molecule has 1 aromatic heterocycles. The molecule has 2 aromatic rings. The summed E-state index contributed by atoms with van der Waals surface area (Å²) < 4.78 is 27.5. The van der Waals surface area contributed by atoms with Crippen molar-refractivity contribution in [3.8, 4) is 0 Å². The van der Waals surface area contributed by atoms with Gasteiger partial charge in [0.25, 0.3) is 10.0 Å². The molecule has 0 fully saturated rings. The van der Waals surface area contributed by atoms with Crippen LogP contribution in [0.5, 0.6) is 0 Å². The highest BCUT2D eigenvalue weighted by Gasteiger charge is 2.19. The predicted octanol–water partition coefficient (Wildman–Crippen LogP) is 2.43. The predicted molar refractivity (Wildman–Crippen MR) is 79.8 cm³/mol. The van der Waals surface area contributed by atoms with Crippen molar-refractivity contribution in [1.29, 1.82) is 0 Å². The zero-order valence-electron chi connectivity index (χ0n) is 10.1. The van der Waals surface area contributed by atoms with Gasteiger partial charge in [0, 0.05) is 22.6 Å². The van der Waals surface area contributed by atoms with E-state index in [9.17, 15) is 8.42 Å². The lowest BCUT2D eigenvalue weighted by Crippen LogP contribution is -2.14. The van der Waals surface area contributed by atoms with Crippen LogP contribution in [0.15, 0.2) is 39.1 Å². The van der Waals surface area contributed by atoms with Gasteiger partial charge >= 0.3 is 0 Å². The highest BCUT2D eigenvalue weighted by molar-refractivity contribution is 9.10. The van der Waals surface area contributed by atoms with Gasteiger partial charge in [-0.3, -0.25) is 4.72 Å². The Morgan fingerprint density at radius 1 is 1.42 bits per heavy atom. The van der Waals surface area contributed by atoms with Crippen molar-refractivity contribution < 1.29 is 8.42 Å². The maximum Gasteiger partial charge on any atom is 0.264 e. The van der Waals surface area contributed by atoms with Gasteiger partial charge in [0.2, 0.25) is 0 Å². The van der Waals surface area contributed by atoms with Crippen LogP contribution in [0.4, 0.5) is 5.13 Å². The van der Waals surface area contributed by atoms with Crippen LogP contribution in [-0.2, 0) is 16.6 Å². The molecule has 0 unspecified atom stereocenters. The molecule has 0 bridgehead atoms. The Hall–Kier alpha value is -0.960. The number of anilines is 1. The van der Waals surface area contributed by atoms with Crippen molar-refractivity contribution in [3.63, 3.8) is 0 Å². The molecular weight excluding hydrogens is 350 g/mol. The molecular formula is C11H12BrN3O2S2. The smallest absolute Gasteiger partial charge is 0.264 e. The number of benzene rings is 1. The van der Waals surface area contributed by atoms with E-state index in [1.165, 1.54) is 11.3 Å². The number of rotatable bonds is 5. The van der Waals surface area contributed by atoms with Crippen molar-refractivity contribution in [2.45, 2.75) is 11.4 Å². The Labute approximate surface area is 124 Å². The number of nitrogens with one attached hydrogen (secondary N) is 2. The first-order chi connectivity index (χ1) is 9.03. The van der Waals surface area contributed by atoms with Crippen molar-refractivity contribution in [3.05, 3.63) is 39.8 Å². The molecule has 102 valence electrons. The molecule has 2 rings (SSSR count). The topological polar surface area (TPSA) is 71.1 Å². The largest absolute Gasteiger partial charge is 0.316 e. The van der Waals surface area contributed by atoms with Gasteiger partial charge in [0.05, 0.1) is 0 Å². The van der Waals surface area contributed by atoms with Crippen LogP contribution in [0.25, 0.3) is 0 Å². The van der Waals surface area contributed by atoms with Gasteiger partial charge < -0.3 is 5.32 Å². The van der Waals surface area contributed by atoms with Gasteiger partial charge in [0.15, 0.2) is 5.13 Å². The zero-order chi connectivity index (χ0) is 13.9. The molecule has 5 nitrogen and oxygen atoms in total. The molecule has 0 aliphatic heterocycles. The molecule has 0 atom stereocenters. The van der Waals surface area contributed by atoms with E-state index in [1.807, 2.05) is 13.1 Å². The van der Waals surface area contributed by atoms with E-state index in [0.29, 0.717) is 16.1 Å². The third-order valence-corrected chi connectivity index (χ3v) is 5.47. The SMILES string of the molecule is CNCc1ccc(Br)c(S(=O)(=O)Nc2nccs2)c1. The third kappa shape index (κ3) is 3.53. The second-order valence-electron chi connectivity index (χ2n) is 3.74. The van der Waals surface area contributed by atoms with E-state index >= 15 is 0 Å². The minimum Gasteiger partial charge on any atom is -0.316 e. The van der Waals surface area contributed by atoms with E-state index in [2.05, 4.69) is 31.0 Å². The summed E-state index contributed by atoms with van der Waals surface area (Å²) in [6.07, 6.45) is 1.55. The zero-order valence-corrected chi connectivity index (χ0v) is 13.3. The number of aromatic nitrogens is 1. The summed E-state index contributed by atoms with van der Waals surface area (Å²) in [7, 11) is -1.82. The van der Waals surface area contributed by atoms with Crippen molar-refractivity contribution in [1.82, 2.24) is 10.3 Å². The molecule has 0 aliphatic rings. The first-order valence-corrected chi connectivity index (χ1v) is 8.54. The molecule has 1 heterocycles. The van der Waals surface area contributed by atoms with Crippen LogP contribution in [0.2, 0.25) is 0 Å². The van der Waals surface area contributed by atoms with Crippen molar-refractivity contribution in [2.24, 2.45) is 0 Å². The number of hydrogen-bond acceptors (Lipinski definition) is 5. The van der Waals surface area contributed by atoms with E-state index < -0.39 is 10.0 Å². The maximum atomic E-state index is 12.3. The van der Waals surface area contributed by atoms with Gasteiger partial charge in [-0.15, -0.1) is 11.3 Å². The van der Waals surface area contributed by atoms with Crippen LogP contribution in [0, 0.1) is 0 Å². The van der Waals surface area contributed by atoms with Crippen molar-refractivity contribution >= 4 is 42.4 Å². The van der Waals surface area contributed by atoms with Gasteiger partial charge in [-0.25, -0.2) is 13.4 Å². The average Bonchev–Trinajstić information content (AvgIpc) is 2.84. The quantitative estimate of drug-likeness (QED) is 0.857. The first kappa shape index (κ1) is 14.4. The van der Waals surface area contributed by atoms with Crippen LogP contribution in [-0.4, -0.2) is 20.4 Å². The van der Waals surface area contributed by atoms with Crippen LogP contribution in [0.3, 0.4) is 0 Å². The minimum absolute atomic E-state index is 0.204. The number of nitrogens with zero attached hydrogens (tertiary/aromatic N) is 1. The molecule has 1 aromatic carbocycles. The fourth-order valence-electron chi connectivity index (χ4n) is 1.51. The highest BCUT2D eigenvalue weighted by Crippen LogP contribution is 2.26. The number of halogens is 1. The monoisotopic (exact) mass is 361 g/mol. The highest BCUT2D eigenvalue weighted by atomic mass is 79.9. The summed E-state index contributed by atoms with van der Waals surface area (Å²) >= 11 is 4.50. The van der Waals surface area contributed by atoms with E-state index in [1.54, 1.807) is 23.7 Å². The summed E-state index contributed by atoms with van der Waals surface area (Å²) in [6, 6.07) is 5.22. The lowest BCUT2D eigenvalue weighted by atomic mass is 10.2. The van der Waals surface area contributed by atoms with Gasteiger partial charge in [-0.1, -0.05) is 6.07 Å². The minimum atomic E-state index is -3.63.